The second-order valence-electron chi connectivity index (χ2n) is 4.23. The minimum atomic E-state index is 0.127. The summed E-state index contributed by atoms with van der Waals surface area (Å²) in [7, 11) is 1.59. The number of ether oxygens (including phenoxy) is 3. The first-order chi connectivity index (χ1) is 8.69. The molecule has 0 spiro atoms. The van der Waals surface area contributed by atoms with Gasteiger partial charge in [-0.3, -0.25) is 0 Å². The van der Waals surface area contributed by atoms with Crippen LogP contribution in [0.1, 0.15) is 36.1 Å². The topological polar surface area (TPSA) is 27.7 Å². The van der Waals surface area contributed by atoms with Crippen LogP contribution in [0.4, 0.5) is 0 Å². The van der Waals surface area contributed by atoms with E-state index in [0.717, 1.165) is 28.9 Å². The molecule has 1 aromatic carbocycles. The fourth-order valence-electron chi connectivity index (χ4n) is 2.29. The maximum atomic E-state index is 5.77. The van der Waals surface area contributed by atoms with Crippen LogP contribution < -0.4 is 4.74 Å². The number of fused-ring (bicyclic) bond motifs is 1. The van der Waals surface area contributed by atoms with Crippen LogP contribution in [-0.2, 0) is 9.47 Å². The zero-order valence-corrected chi connectivity index (χ0v) is 11.8. The van der Waals surface area contributed by atoms with Crippen LogP contribution in [-0.4, -0.2) is 25.4 Å². The quantitative estimate of drug-likeness (QED) is 0.785. The first-order valence-electron chi connectivity index (χ1n) is 6.15. The highest BCUT2D eigenvalue weighted by molar-refractivity contribution is 7.80. The molecule has 1 atom stereocenters. The van der Waals surface area contributed by atoms with E-state index in [-0.39, 0.29) is 6.10 Å². The van der Waals surface area contributed by atoms with Crippen LogP contribution >= 0.6 is 12.2 Å². The number of methoxy groups -OCH3 is 1. The number of thiocarbonyl (C=S) groups is 1. The van der Waals surface area contributed by atoms with Gasteiger partial charge in [-0.2, -0.15) is 0 Å². The van der Waals surface area contributed by atoms with Gasteiger partial charge in [0.1, 0.15) is 5.75 Å². The number of benzene rings is 1. The van der Waals surface area contributed by atoms with E-state index in [1.165, 1.54) is 0 Å². The SMILES string of the molecule is CCOC1CCOc2c1ccc(C(=S)OC)c2C. The molecule has 0 radical (unpaired) electrons. The third-order valence-electron chi connectivity index (χ3n) is 3.18. The van der Waals surface area contributed by atoms with Crippen LogP contribution in [0.2, 0.25) is 0 Å². The van der Waals surface area contributed by atoms with Gasteiger partial charge in [0.2, 0.25) is 0 Å². The Bertz CT molecular complexity index is 457. The highest BCUT2D eigenvalue weighted by Crippen LogP contribution is 2.38. The van der Waals surface area contributed by atoms with E-state index in [1.807, 2.05) is 26.0 Å². The van der Waals surface area contributed by atoms with Crippen LogP contribution in [0.25, 0.3) is 0 Å². The zero-order chi connectivity index (χ0) is 13.1. The Balaban J connectivity index is 2.42. The largest absolute Gasteiger partial charge is 0.493 e. The Morgan fingerprint density at radius 3 is 2.94 bits per heavy atom. The smallest absolute Gasteiger partial charge is 0.191 e. The first kappa shape index (κ1) is 13.3. The van der Waals surface area contributed by atoms with Crippen molar-refractivity contribution in [1.82, 2.24) is 0 Å². The lowest BCUT2D eigenvalue weighted by Crippen LogP contribution is -2.18. The number of hydrogen-bond donors (Lipinski definition) is 0. The molecule has 1 aromatic rings. The summed E-state index contributed by atoms with van der Waals surface area (Å²) in [5, 5.41) is 0.498. The minimum absolute atomic E-state index is 0.127. The van der Waals surface area contributed by atoms with Gasteiger partial charge < -0.3 is 14.2 Å². The molecule has 1 heterocycles. The normalized spacial score (nSPS) is 17.8. The fourth-order valence-corrected chi connectivity index (χ4v) is 2.51. The molecule has 1 unspecified atom stereocenters. The van der Waals surface area contributed by atoms with Crippen molar-refractivity contribution in [3.8, 4) is 5.75 Å². The molecule has 18 heavy (non-hydrogen) atoms. The molecular weight excluding hydrogens is 248 g/mol. The number of hydrogen-bond acceptors (Lipinski definition) is 4. The summed E-state index contributed by atoms with van der Waals surface area (Å²) in [6.07, 6.45) is 1.02. The molecule has 0 amide bonds. The summed E-state index contributed by atoms with van der Waals surface area (Å²) < 4.78 is 16.6. The standard InChI is InChI=1S/C14H18O3S/c1-4-16-12-7-8-17-13-9(2)10(14(18)15-3)5-6-11(12)13/h5-6,12H,4,7-8H2,1-3H3. The predicted molar refractivity (Wildman–Crippen MR) is 74.4 cm³/mol. The van der Waals surface area contributed by atoms with Crippen LogP contribution in [0.5, 0.6) is 5.75 Å². The fraction of sp³-hybridized carbons (Fsp3) is 0.500. The van der Waals surface area contributed by atoms with Gasteiger partial charge in [0.15, 0.2) is 5.05 Å². The van der Waals surface area contributed by atoms with Gasteiger partial charge >= 0.3 is 0 Å². The predicted octanol–water partition coefficient (Wildman–Crippen LogP) is 3.18. The molecule has 0 saturated carbocycles. The summed E-state index contributed by atoms with van der Waals surface area (Å²) >= 11 is 5.19. The lowest BCUT2D eigenvalue weighted by Gasteiger charge is -2.27. The van der Waals surface area contributed by atoms with E-state index in [0.29, 0.717) is 18.3 Å². The van der Waals surface area contributed by atoms with Gasteiger partial charge in [-0.05, 0) is 32.1 Å². The molecule has 0 saturated heterocycles. The molecule has 0 fully saturated rings. The molecule has 0 aliphatic carbocycles. The molecule has 3 nitrogen and oxygen atoms in total. The monoisotopic (exact) mass is 266 g/mol. The molecule has 2 rings (SSSR count). The van der Waals surface area contributed by atoms with Crippen molar-refractivity contribution >= 4 is 17.3 Å². The second kappa shape index (κ2) is 5.67. The molecule has 1 aliphatic rings. The Morgan fingerprint density at radius 1 is 1.50 bits per heavy atom. The van der Waals surface area contributed by atoms with Gasteiger partial charge in [-0.1, -0.05) is 6.07 Å². The summed E-state index contributed by atoms with van der Waals surface area (Å²) in [5.41, 5.74) is 3.07. The van der Waals surface area contributed by atoms with Crippen molar-refractivity contribution in [1.29, 1.82) is 0 Å². The van der Waals surface area contributed by atoms with Crippen molar-refractivity contribution in [3.63, 3.8) is 0 Å². The summed E-state index contributed by atoms with van der Waals surface area (Å²) in [4.78, 5) is 0. The van der Waals surface area contributed by atoms with E-state index in [1.54, 1.807) is 7.11 Å². The van der Waals surface area contributed by atoms with E-state index in [2.05, 4.69) is 0 Å². The van der Waals surface area contributed by atoms with Crippen LogP contribution in [0.15, 0.2) is 12.1 Å². The molecule has 0 bridgehead atoms. The average Bonchev–Trinajstić information content (AvgIpc) is 2.39. The Hall–Kier alpha value is -1.13. The Kier molecular flexibility index (Phi) is 4.19. The molecule has 98 valence electrons. The van der Waals surface area contributed by atoms with Crippen molar-refractivity contribution < 1.29 is 14.2 Å². The van der Waals surface area contributed by atoms with E-state index in [9.17, 15) is 0 Å². The Morgan fingerprint density at radius 2 is 2.28 bits per heavy atom. The summed E-state index contributed by atoms with van der Waals surface area (Å²) in [6, 6.07) is 4.02. The maximum absolute atomic E-state index is 5.77. The van der Waals surface area contributed by atoms with Crippen LogP contribution in [0.3, 0.4) is 0 Å². The van der Waals surface area contributed by atoms with Crippen molar-refractivity contribution in [2.45, 2.75) is 26.4 Å². The lowest BCUT2D eigenvalue weighted by molar-refractivity contribution is 0.0316. The van der Waals surface area contributed by atoms with E-state index >= 15 is 0 Å². The summed E-state index contributed by atoms with van der Waals surface area (Å²) in [5.74, 6) is 0.900. The molecule has 0 aromatic heterocycles. The highest BCUT2D eigenvalue weighted by Gasteiger charge is 2.25. The highest BCUT2D eigenvalue weighted by atomic mass is 32.1. The number of rotatable bonds is 3. The first-order valence-corrected chi connectivity index (χ1v) is 6.56. The van der Waals surface area contributed by atoms with Crippen molar-refractivity contribution in [2.75, 3.05) is 20.3 Å². The third-order valence-corrected chi connectivity index (χ3v) is 3.57. The van der Waals surface area contributed by atoms with Gasteiger partial charge in [0.25, 0.3) is 0 Å². The van der Waals surface area contributed by atoms with Gasteiger partial charge in [-0.25, -0.2) is 0 Å². The zero-order valence-electron chi connectivity index (χ0n) is 11.0. The molecule has 4 heteroatoms. The summed E-state index contributed by atoms with van der Waals surface area (Å²) in [6.45, 7) is 5.41. The Labute approximate surface area is 113 Å². The third kappa shape index (κ3) is 2.35. The van der Waals surface area contributed by atoms with Gasteiger partial charge in [0, 0.05) is 29.7 Å². The minimum Gasteiger partial charge on any atom is -0.493 e. The average molecular weight is 266 g/mol. The van der Waals surface area contributed by atoms with Crippen LogP contribution in [0, 0.1) is 6.92 Å². The van der Waals surface area contributed by atoms with Gasteiger partial charge in [0.05, 0.1) is 19.8 Å². The molecule has 0 N–H and O–H groups in total. The maximum Gasteiger partial charge on any atom is 0.191 e. The van der Waals surface area contributed by atoms with Gasteiger partial charge in [-0.15, -0.1) is 0 Å². The second-order valence-corrected chi connectivity index (χ2v) is 4.60. The van der Waals surface area contributed by atoms with E-state index < -0.39 is 0 Å². The molecule has 1 aliphatic heterocycles. The van der Waals surface area contributed by atoms with Crippen molar-refractivity contribution in [2.24, 2.45) is 0 Å². The van der Waals surface area contributed by atoms with Crippen molar-refractivity contribution in [3.05, 3.63) is 28.8 Å². The van der Waals surface area contributed by atoms with E-state index in [4.69, 9.17) is 26.4 Å². The molecular formula is C14H18O3S. The lowest BCUT2D eigenvalue weighted by atomic mass is 9.97.